The number of rotatable bonds is 4. The standard InChI is InChI=1S/C20H32O6/c1-11-4-5-15-19(2,7-6-16(24)20(15,3)10-21)12(11)8-13(22)17-14(23)9-26-18(17)25/h12-17,21-24H,1,4-10H2,2-3H3/t12-,13-,14-,15+,16-,17?,19+,20+/m1/s1. The minimum atomic E-state index is -0.996. The van der Waals surface area contributed by atoms with Gasteiger partial charge in [-0.05, 0) is 49.4 Å². The number of carbonyl (C=O) groups excluding carboxylic acids is 1. The summed E-state index contributed by atoms with van der Waals surface area (Å²) in [6.45, 7) is 8.18. The average molecular weight is 368 g/mol. The molecule has 0 bridgehead atoms. The maximum Gasteiger partial charge on any atom is 0.314 e. The number of aliphatic hydroxyl groups excluding tert-OH is 4. The molecule has 148 valence electrons. The van der Waals surface area contributed by atoms with Crippen LogP contribution in [0.25, 0.3) is 0 Å². The molecule has 1 saturated heterocycles. The molecule has 0 amide bonds. The maximum atomic E-state index is 11.9. The van der Waals surface area contributed by atoms with E-state index in [0.29, 0.717) is 12.8 Å². The van der Waals surface area contributed by atoms with Gasteiger partial charge in [-0.3, -0.25) is 4.79 Å². The molecule has 0 aromatic rings. The monoisotopic (exact) mass is 368 g/mol. The first-order chi connectivity index (χ1) is 12.1. The van der Waals surface area contributed by atoms with Crippen molar-refractivity contribution >= 4 is 5.97 Å². The van der Waals surface area contributed by atoms with Crippen LogP contribution in [-0.4, -0.2) is 57.9 Å². The molecule has 2 saturated carbocycles. The number of carbonyl (C=O) groups is 1. The molecule has 2 aliphatic carbocycles. The van der Waals surface area contributed by atoms with E-state index in [0.717, 1.165) is 24.8 Å². The lowest BCUT2D eigenvalue weighted by molar-refractivity contribution is -0.158. The quantitative estimate of drug-likeness (QED) is 0.436. The Hall–Kier alpha value is -0.950. The number of cyclic esters (lactones) is 1. The summed E-state index contributed by atoms with van der Waals surface area (Å²) in [4.78, 5) is 11.9. The van der Waals surface area contributed by atoms with Crippen molar-refractivity contribution < 1.29 is 30.0 Å². The topological polar surface area (TPSA) is 107 Å². The molecule has 0 spiro atoms. The van der Waals surface area contributed by atoms with E-state index >= 15 is 0 Å². The Labute approximate surface area is 154 Å². The average Bonchev–Trinajstić information content (AvgIpc) is 2.93. The van der Waals surface area contributed by atoms with Crippen LogP contribution in [0.1, 0.15) is 46.0 Å². The van der Waals surface area contributed by atoms with Gasteiger partial charge < -0.3 is 25.2 Å². The third kappa shape index (κ3) is 2.91. The van der Waals surface area contributed by atoms with Crippen molar-refractivity contribution in [2.24, 2.45) is 28.6 Å². The minimum absolute atomic E-state index is 0.0322. The molecule has 6 nitrogen and oxygen atoms in total. The predicted molar refractivity (Wildman–Crippen MR) is 95.0 cm³/mol. The van der Waals surface area contributed by atoms with E-state index in [2.05, 4.69) is 13.5 Å². The van der Waals surface area contributed by atoms with Crippen molar-refractivity contribution in [3.8, 4) is 0 Å². The molecule has 6 heteroatoms. The third-order valence-corrected chi connectivity index (χ3v) is 7.67. The van der Waals surface area contributed by atoms with E-state index in [-0.39, 0.29) is 30.5 Å². The van der Waals surface area contributed by atoms with Gasteiger partial charge in [0.05, 0.1) is 18.8 Å². The molecule has 3 rings (SSSR count). The van der Waals surface area contributed by atoms with Gasteiger partial charge in [0.25, 0.3) is 0 Å². The number of hydrogen-bond donors (Lipinski definition) is 4. The Morgan fingerprint density at radius 2 is 2.00 bits per heavy atom. The number of esters is 1. The summed E-state index contributed by atoms with van der Waals surface area (Å²) in [5.74, 6) is -1.39. The van der Waals surface area contributed by atoms with Crippen LogP contribution in [0.3, 0.4) is 0 Å². The maximum absolute atomic E-state index is 11.9. The first kappa shape index (κ1) is 19.8. The fourth-order valence-corrected chi connectivity index (χ4v) is 5.96. The molecule has 4 N–H and O–H groups in total. The van der Waals surface area contributed by atoms with Crippen molar-refractivity contribution in [2.45, 2.75) is 64.3 Å². The predicted octanol–water partition coefficient (Wildman–Crippen LogP) is 1.01. The van der Waals surface area contributed by atoms with Gasteiger partial charge in [0, 0.05) is 5.41 Å². The number of ether oxygens (including phenoxy) is 1. The Kier molecular flexibility index (Phi) is 5.25. The molecule has 8 atom stereocenters. The molecule has 1 unspecified atom stereocenters. The van der Waals surface area contributed by atoms with Crippen LogP contribution in [0.2, 0.25) is 0 Å². The second-order valence-electron chi connectivity index (χ2n) is 9.05. The van der Waals surface area contributed by atoms with E-state index in [1.54, 1.807) is 0 Å². The smallest absolute Gasteiger partial charge is 0.314 e. The van der Waals surface area contributed by atoms with Crippen LogP contribution in [0.4, 0.5) is 0 Å². The highest BCUT2D eigenvalue weighted by molar-refractivity contribution is 5.75. The number of hydrogen-bond acceptors (Lipinski definition) is 6. The molecule has 0 aromatic heterocycles. The van der Waals surface area contributed by atoms with Gasteiger partial charge in [-0.2, -0.15) is 0 Å². The Balaban J connectivity index is 1.86. The lowest BCUT2D eigenvalue weighted by Crippen LogP contribution is -2.58. The molecule has 0 aromatic carbocycles. The zero-order valence-electron chi connectivity index (χ0n) is 15.7. The van der Waals surface area contributed by atoms with Crippen LogP contribution in [0, 0.1) is 28.6 Å². The Bertz CT molecular complexity index is 577. The highest BCUT2D eigenvalue weighted by atomic mass is 16.6. The fraction of sp³-hybridized carbons (Fsp3) is 0.850. The Morgan fingerprint density at radius 3 is 2.58 bits per heavy atom. The van der Waals surface area contributed by atoms with Gasteiger partial charge >= 0.3 is 5.97 Å². The van der Waals surface area contributed by atoms with Crippen LogP contribution in [-0.2, 0) is 9.53 Å². The molecule has 3 aliphatic rings. The van der Waals surface area contributed by atoms with E-state index in [1.807, 2.05) is 6.92 Å². The highest BCUT2D eigenvalue weighted by Crippen LogP contribution is 2.61. The first-order valence-electron chi connectivity index (χ1n) is 9.64. The number of allylic oxidation sites excluding steroid dienone is 1. The largest absolute Gasteiger partial charge is 0.463 e. The van der Waals surface area contributed by atoms with Crippen molar-refractivity contribution in [1.82, 2.24) is 0 Å². The van der Waals surface area contributed by atoms with Gasteiger partial charge in [-0.15, -0.1) is 0 Å². The minimum Gasteiger partial charge on any atom is -0.463 e. The van der Waals surface area contributed by atoms with Gasteiger partial charge in [-0.1, -0.05) is 26.0 Å². The number of aliphatic hydroxyl groups is 4. The van der Waals surface area contributed by atoms with Crippen molar-refractivity contribution in [3.05, 3.63) is 12.2 Å². The third-order valence-electron chi connectivity index (χ3n) is 7.67. The summed E-state index contributed by atoms with van der Waals surface area (Å²) in [6.07, 6.45) is 0.815. The second kappa shape index (κ2) is 6.89. The van der Waals surface area contributed by atoms with E-state index in [1.165, 1.54) is 0 Å². The lowest BCUT2D eigenvalue weighted by atomic mass is 9.46. The zero-order chi connectivity index (χ0) is 19.3. The van der Waals surface area contributed by atoms with Gasteiger partial charge in [0.15, 0.2) is 0 Å². The van der Waals surface area contributed by atoms with Crippen LogP contribution in [0.5, 0.6) is 0 Å². The summed E-state index contributed by atoms with van der Waals surface area (Å²) >= 11 is 0. The summed E-state index contributed by atoms with van der Waals surface area (Å²) < 4.78 is 4.87. The summed E-state index contributed by atoms with van der Waals surface area (Å²) in [7, 11) is 0. The van der Waals surface area contributed by atoms with Crippen LogP contribution in [0.15, 0.2) is 12.2 Å². The molecule has 0 radical (unpaired) electrons. The molecule has 1 aliphatic heterocycles. The number of fused-ring (bicyclic) bond motifs is 1. The second-order valence-corrected chi connectivity index (χ2v) is 9.05. The first-order valence-corrected chi connectivity index (χ1v) is 9.64. The summed E-state index contributed by atoms with van der Waals surface area (Å²) in [6, 6.07) is 0. The zero-order valence-corrected chi connectivity index (χ0v) is 15.7. The van der Waals surface area contributed by atoms with Crippen LogP contribution >= 0.6 is 0 Å². The molecule has 1 heterocycles. The lowest BCUT2D eigenvalue weighted by Gasteiger charge is -2.60. The van der Waals surface area contributed by atoms with Gasteiger partial charge in [0.2, 0.25) is 0 Å². The van der Waals surface area contributed by atoms with Gasteiger partial charge in [-0.25, -0.2) is 0 Å². The van der Waals surface area contributed by atoms with Gasteiger partial charge in [0.1, 0.15) is 18.6 Å². The molecule has 3 fully saturated rings. The van der Waals surface area contributed by atoms with E-state index in [9.17, 15) is 25.2 Å². The van der Waals surface area contributed by atoms with Crippen molar-refractivity contribution in [3.63, 3.8) is 0 Å². The summed E-state index contributed by atoms with van der Waals surface area (Å²) in [5.41, 5.74) is 0.240. The van der Waals surface area contributed by atoms with Crippen molar-refractivity contribution in [2.75, 3.05) is 13.2 Å². The Morgan fingerprint density at radius 1 is 1.31 bits per heavy atom. The highest BCUT2D eigenvalue weighted by Gasteiger charge is 2.58. The van der Waals surface area contributed by atoms with Crippen molar-refractivity contribution in [1.29, 1.82) is 0 Å². The molecular weight excluding hydrogens is 336 g/mol. The van der Waals surface area contributed by atoms with E-state index in [4.69, 9.17) is 4.74 Å². The summed E-state index contributed by atoms with van der Waals surface area (Å²) in [5, 5.41) is 41.2. The normalized spacial score (nSPS) is 47.4. The van der Waals surface area contributed by atoms with Crippen LogP contribution < -0.4 is 0 Å². The fourth-order valence-electron chi connectivity index (χ4n) is 5.96. The van der Waals surface area contributed by atoms with E-state index < -0.39 is 35.6 Å². The molecular formula is C20H32O6. The SMILES string of the molecule is C=C1CC[C@@H]2[C@](C)(CO)[C@H](O)CC[C@@]2(C)[C@@H]1C[C@@H](O)C1C(=O)OC[C@H]1O. The molecule has 26 heavy (non-hydrogen) atoms.